The summed E-state index contributed by atoms with van der Waals surface area (Å²) in [4.78, 5) is 13.0. The highest BCUT2D eigenvalue weighted by Gasteiger charge is 2.55. The number of methoxy groups -OCH3 is 1. The van der Waals surface area contributed by atoms with Crippen molar-refractivity contribution in [3.05, 3.63) is 114 Å². The van der Waals surface area contributed by atoms with Crippen LogP contribution in [-0.4, -0.2) is 56.7 Å². The molecule has 4 rings (SSSR count). The molecule has 3 aromatic carbocycles. The molecule has 2 unspecified atom stereocenters. The maximum Gasteiger partial charge on any atom is 0.343 e. The highest BCUT2D eigenvalue weighted by atomic mass is 28.4. The van der Waals surface area contributed by atoms with Gasteiger partial charge in [-0.1, -0.05) is 140 Å². The number of rotatable bonds is 17. The van der Waals surface area contributed by atoms with Gasteiger partial charge in [-0.05, 0) is 90.7 Å². The average Bonchev–Trinajstić information content (AvgIpc) is 3.49. The Balaban J connectivity index is 1.68. The maximum absolute atomic E-state index is 13.0. The molecule has 1 heterocycles. The Bertz CT molecular complexity index is 1720. The van der Waals surface area contributed by atoms with Gasteiger partial charge in [0, 0.05) is 11.3 Å². The molecule has 1 saturated heterocycles. The van der Waals surface area contributed by atoms with Crippen molar-refractivity contribution in [2.45, 2.75) is 138 Å². The first-order valence-corrected chi connectivity index (χ1v) is 22.1. The van der Waals surface area contributed by atoms with Gasteiger partial charge < -0.3 is 28.5 Å². The minimum Gasteiger partial charge on any atom is -0.497 e. The molecule has 0 aromatic heterocycles. The van der Waals surface area contributed by atoms with E-state index in [1.165, 1.54) is 15.9 Å². The van der Waals surface area contributed by atoms with E-state index in [1.54, 1.807) is 14.0 Å². The first-order valence-electron chi connectivity index (χ1n) is 20.2. The van der Waals surface area contributed by atoms with Gasteiger partial charge in [-0.2, -0.15) is 0 Å². The van der Waals surface area contributed by atoms with Crippen LogP contribution in [-0.2, 0) is 30.0 Å². The Morgan fingerprint density at radius 2 is 1.41 bits per heavy atom. The topological polar surface area (TPSA) is 83.5 Å². The summed E-state index contributed by atoms with van der Waals surface area (Å²) < 4.78 is 31.6. The summed E-state index contributed by atoms with van der Waals surface area (Å²) >= 11 is 0. The number of esters is 1. The van der Waals surface area contributed by atoms with Gasteiger partial charge in [0.15, 0.2) is 5.60 Å². The molecule has 8 heteroatoms. The molecule has 1 fully saturated rings. The summed E-state index contributed by atoms with van der Waals surface area (Å²) in [5.41, 5.74) is 1.44. The highest BCUT2D eigenvalue weighted by molar-refractivity contribution is 6.99. The molecule has 1 aliphatic rings. The second-order valence-electron chi connectivity index (χ2n) is 18.0. The van der Waals surface area contributed by atoms with Gasteiger partial charge in [0.05, 0.1) is 32.0 Å². The van der Waals surface area contributed by atoms with Crippen molar-refractivity contribution in [3.63, 3.8) is 0 Å². The third-order valence-corrected chi connectivity index (χ3v) is 16.4. The molecule has 1 aliphatic heterocycles. The fourth-order valence-corrected chi connectivity index (χ4v) is 12.6. The summed E-state index contributed by atoms with van der Waals surface area (Å²) in [7, 11) is -1.22. The smallest absolute Gasteiger partial charge is 0.343 e. The Morgan fingerprint density at radius 1 is 0.857 bits per heavy atom. The number of carbonyl (C=O) groups excluding carboxylic acids is 1. The molecule has 0 saturated carbocycles. The van der Waals surface area contributed by atoms with E-state index in [2.05, 4.69) is 128 Å². The number of benzene rings is 3. The minimum absolute atomic E-state index is 0.00683. The van der Waals surface area contributed by atoms with Crippen LogP contribution in [0.4, 0.5) is 0 Å². The van der Waals surface area contributed by atoms with E-state index in [4.69, 9.17) is 23.4 Å². The van der Waals surface area contributed by atoms with Gasteiger partial charge >= 0.3 is 5.97 Å². The maximum atomic E-state index is 13.0. The largest absolute Gasteiger partial charge is 0.497 e. The molecule has 0 bridgehead atoms. The van der Waals surface area contributed by atoms with Crippen LogP contribution in [0.25, 0.3) is 0 Å². The number of aliphatic hydroxyl groups excluding tert-OH is 1. The number of hydrogen-bond donors (Lipinski definition) is 1. The lowest BCUT2D eigenvalue weighted by atomic mass is 9.86. The third-order valence-electron chi connectivity index (χ3n) is 11.4. The third kappa shape index (κ3) is 10.3. The summed E-state index contributed by atoms with van der Waals surface area (Å²) in [6.07, 6.45) is 3.16. The van der Waals surface area contributed by atoms with Crippen molar-refractivity contribution < 1.29 is 33.3 Å². The quantitative estimate of drug-likeness (QED) is 0.0830. The molecule has 7 atom stereocenters. The SMILES string of the molecule is C/C=C(\C)[C@H](O[Si](c1ccccc1)(c1ccccc1)C(C)(C)C)[C@@H](C)/C=C(\C)[C@@H](OCc1ccc(OC)cc1)[C@@H](C)CCC(O)C1(C)O[C@@H](C(C)(C)C)OC1=O. The van der Waals surface area contributed by atoms with Crippen molar-refractivity contribution in [1.29, 1.82) is 0 Å². The Morgan fingerprint density at radius 3 is 1.88 bits per heavy atom. The number of cyclic esters (lactones) is 1. The van der Waals surface area contributed by atoms with E-state index < -0.39 is 37.7 Å². The molecule has 7 nitrogen and oxygen atoms in total. The van der Waals surface area contributed by atoms with E-state index in [-0.39, 0.29) is 29.1 Å². The molecule has 3 aromatic rings. The molecule has 1 N–H and O–H groups in total. The van der Waals surface area contributed by atoms with Gasteiger partial charge in [-0.15, -0.1) is 0 Å². The Kier molecular flexibility index (Phi) is 15.2. The van der Waals surface area contributed by atoms with Crippen LogP contribution < -0.4 is 15.1 Å². The fourth-order valence-electron chi connectivity index (χ4n) is 7.83. The predicted molar refractivity (Wildman–Crippen MR) is 230 cm³/mol. The number of ether oxygens (including phenoxy) is 4. The fraction of sp³-hybridized carbons (Fsp3) is 0.521. The first kappa shape index (κ1) is 45.2. The zero-order valence-electron chi connectivity index (χ0n) is 36.2. The van der Waals surface area contributed by atoms with E-state index >= 15 is 0 Å². The number of carbonyl (C=O) groups is 1. The van der Waals surface area contributed by atoms with Crippen molar-refractivity contribution in [1.82, 2.24) is 0 Å². The second kappa shape index (κ2) is 18.8. The molecule has 0 amide bonds. The van der Waals surface area contributed by atoms with E-state index in [9.17, 15) is 9.90 Å². The lowest BCUT2D eigenvalue weighted by molar-refractivity contribution is -0.166. The molecule has 0 spiro atoms. The number of hydrogen-bond acceptors (Lipinski definition) is 7. The van der Waals surface area contributed by atoms with E-state index in [0.29, 0.717) is 19.4 Å². The molecule has 0 radical (unpaired) electrons. The van der Waals surface area contributed by atoms with Crippen LogP contribution in [0.5, 0.6) is 5.75 Å². The second-order valence-corrected chi connectivity index (χ2v) is 22.2. The monoisotopic (exact) mass is 784 g/mol. The predicted octanol–water partition coefficient (Wildman–Crippen LogP) is 9.56. The molecule has 306 valence electrons. The van der Waals surface area contributed by atoms with E-state index in [0.717, 1.165) is 16.9 Å². The van der Waals surface area contributed by atoms with Crippen LogP contribution in [0.15, 0.2) is 108 Å². The van der Waals surface area contributed by atoms with Crippen molar-refractivity contribution >= 4 is 24.7 Å². The van der Waals surface area contributed by atoms with Crippen molar-refractivity contribution in [2.24, 2.45) is 17.3 Å². The van der Waals surface area contributed by atoms with Crippen molar-refractivity contribution in [3.8, 4) is 5.75 Å². The van der Waals surface area contributed by atoms with Gasteiger partial charge in [0.1, 0.15) is 5.75 Å². The van der Waals surface area contributed by atoms with Gasteiger partial charge in [0.25, 0.3) is 8.32 Å². The summed E-state index contributed by atoms with van der Waals surface area (Å²) in [6.45, 7) is 25.6. The molecular formula is C48H68O7Si. The van der Waals surface area contributed by atoms with Gasteiger partial charge in [-0.3, -0.25) is 0 Å². The molecule has 0 aliphatic carbocycles. The standard InChI is InChI=1S/C48H68O7Si/c1-14-33(2)43(55-56(47(9,10)11,39-21-17-15-18-22-39)40-23-19-16-20-24-40)36(5)31-35(4)42(52-32-37-26-28-38(51-13)29-27-37)34(3)25-30-41(49)48(12)44(50)53-45(54-48)46(6,7)8/h14-24,26-29,31,34,36,41-43,45,49H,25,30,32H2,1-13H3/b33-14+,35-31+/t34-,36-,41?,42-,43-,45-,48?/m0/s1. The number of allylic oxidation sites excluding steroid dienone is 1. The van der Waals surface area contributed by atoms with Crippen molar-refractivity contribution in [2.75, 3.05) is 7.11 Å². The van der Waals surface area contributed by atoms with Gasteiger partial charge in [-0.25, -0.2) is 4.79 Å². The molecular weight excluding hydrogens is 717 g/mol. The summed E-state index contributed by atoms with van der Waals surface area (Å²) in [6, 6.07) is 29.5. The summed E-state index contributed by atoms with van der Waals surface area (Å²) in [5.74, 6) is 0.247. The lowest BCUT2D eigenvalue weighted by Gasteiger charge is -2.46. The average molecular weight is 785 g/mol. The van der Waals surface area contributed by atoms with Gasteiger partial charge in [0.2, 0.25) is 6.29 Å². The Labute approximate surface area is 338 Å². The van der Waals surface area contributed by atoms with Crippen LogP contribution in [0, 0.1) is 17.3 Å². The van der Waals surface area contributed by atoms with E-state index in [1.807, 2.05) is 45.0 Å². The highest BCUT2D eigenvalue weighted by Crippen LogP contribution is 2.41. The zero-order chi connectivity index (χ0) is 41.5. The summed E-state index contributed by atoms with van der Waals surface area (Å²) in [5, 5.41) is 13.7. The number of aliphatic hydroxyl groups is 1. The van der Waals surface area contributed by atoms with Crippen LogP contribution >= 0.6 is 0 Å². The van der Waals surface area contributed by atoms with Crippen LogP contribution in [0.1, 0.15) is 101 Å². The lowest BCUT2D eigenvalue weighted by Crippen LogP contribution is -2.68. The zero-order valence-corrected chi connectivity index (χ0v) is 37.2. The van der Waals surface area contributed by atoms with Crippen LogP contribution in [0.3, 0.4) is 0 Å². The normalized spacial score (nSPS) is 21.2. The Hall–Kier alpha value is -3.53. The first-order chi connectivity index (χ1) is 26.3. The minimum atomic E-state index is -2.88. The molecule has 56 heavy (non-hydrogen) atoms. The van der Waals surface area contributed by atoms with Crippen LogP contribution in [0.2, 0.25) is 5.04 Å².